The van der Waals surface area contributed by atoms with E-state index < -0.39 is 0 Å². The molecule has 0 saturated heterocycles. The predicted octanol–water partition coefficient (Wildman–Crippen LogP) is 3.29. The van der Waals surface area contributed by atoms with Crippen LogP contribution < -0.4 is 0 Å². The molecular weight excluding hydrogens is 212 g/mol. The van der Waals surface area contributed by atoms with Crippen LogP contribution in [-0.4, -0.2) is 12.9 Å². The smallest absolute Gasteiger partial charge is 0.193 e. The standard InChI is InChI=1S/C15H14O2/c1-17-14-9-5-8-13(10-11-14)15(16)12-6-3-2-4-7-12/h2-8,10-11H,9H2,1H3. The Morgan fingerprint density at radius 1 is 1.18 bits per heavy atom. The third-order valence-corrected chi connectivity index (χ3v) is 2.63. The van der Waals surface area contributed by atoms with Crippen molar-refractivity contribution in [2.24, 2.45) is 0 Å². The summed E-state index contributed by atoms with van der Waals surface area (Å²) in [7, 11) is 1.64. The number of ether oxygens (including phenoxy) is 1. The van der Waals surface area contributed by atoms with Crippen LogP contribution in [0.2, 0.25) is 0 Å². The number of ketones is 1. The number of carbonyl (C=O) groups excluding carboxylic acids is 1. The summed E-state index contributed by atoms with van der Waals surface area (Å²) < 4.78 is 5.16. The number of hydrogen-bond donors (Lipinski definition) is 0. The van der Waals surface area contributed by atoms with Crippen molar-refractivity contribution in [2.45, 2.75) is 6.42 Å². The van der Waals surface area contributed by atoms with Crippen molar-refractivity contribution in [3.05, 3.63) is 71.5 Å². The first-order valence-electron chi connectivity index (χ1n) is 5.52. The van der Waals surface area contributed by atoms with Crippen molar-refractivity contribution in [1.29, 1.82) is 0 Å². The molecule has 0 aromatic heterocycles. The molecule has 0 amide bonds. The maximum absolute atomic E-state index is 12.2. The first-order valence-corrected chi connectivity index (χ1v) is 5.52. The average molecular weight is 226 g/mol. The van der Waals surface area contributed by atoms with Gasteiger partial charge >= 0.3 is 0 Å². The van der Waals surface area contributed by atoms with E-state index in [0.29, 0.717) is 11.1 Å². The lowest BCUT2D eigenvalue weighted by Crippen LogP contribution is -2.00. The van der Waals surface area contributed by atoms with Crippen molar-refractivity contribution in [3.63, 3.8) is 0 Å². The molecule has 0 saturated carbocycles. The molecule has 1 aromatic rings. The molecule has 17 heavy (non-hydrogen) atoms. The van der Waals surface area contributed by atoms with E-state index in [2.05, 4.69) is 0 Å². The first-order chi connectivity index (χ1) is 8.31. The summed E-state index contributed by atoms with van der Waals surface area (Å²) in [4.78, 5) is 12.2. The van der Waals surface area contributed by atoms with E-state index in [1.807, 2.05) is 48.6 Å². The molecule has 0 radical (unpaired) electrons. The molecule has 2 heteroatoms. The van der Waals surface area contributed by atoms with Crippen LogP contribution in [0.25, 0.3) is 0 Å². The molecule has 86 valence electrons. The molecule has 0 atom stereocenters. The van der Waals surface area contributed by atoms with Crippen molar-refractivity contribution >= 4 is 5.78 Å². The summed E-state index contributed by atoms with van der Waals surface area (Å²) in [6.07, 6.45) is 8.15. The Bertz CT molecular complexity index is 493. The topological polar surface area (TPSA) is 26.3 Å². The zero-order chi connectivity index (χ0) is 12.1. The summed E-state index contributed by atoms with van der Waals surface area (Å²) in [6, 6.07) is 9.28. The van der Waals surface area contributed by atoms with E-state index in [1.165, 1.54) is 0 Å². The Hall–Kier alpha value is -2.09. The molecule has 1 aliphatic carbocycles. The molecule has 0 bridgehead atoms. The number of rotatable bonds is 3. The van der Waals surface area contributed by atoms with E-state index in [4.69, 9.17) is 4.74 Å². The van der Waals surface area contributed by atoms with Crippen LogP contribution in [0.15, 0.2) is 66.0 Å². The lowest BCUT2D eigenvalue weighted by atomic mass is 10.0. The van der Waals surface area contributed by atoms with Crippen LogP contribution in [0, 0.1) is 0 Å². The predicted molar refractivity (Wildman–Crippen MR) is 67.7 cm³/mol. The quantitative estimate of drug-likeness (QED) is 0.739. The van der Waals surface area contributed by atoms with Gasteiger partial charge in [-0.2, -0.15) is 0 Å². The first kappa shape index (κ1) is 11.4. The molecule has 0 fully saturated rings. The van der Waals surface area contributed by atoms with E-state index in [-0.39, 0.29) is 5.78 Å². The second-order valence-electron chi connectivity index (χ2n) is 3.76. The third kappa shape index (κ3) is 2.72. The number of benzene rings is 1. The highest BCUT2D eigenvalue weighted by atomic mass is 16.5. The summed E-state index contributed by atoms with van der Waals surface area (Å²) in [5.74, 6) is 0.896. The number of hydrogen-bond acceptors (Lipinski definition) is 2. The number of allylic oxidation sites excluding steroid dienone is 5. The maximum atomic E-state index is 12.2. The Morgan fingerprint density at radius 2 is 1.94 bits per heavy atom. The van der Waals surface area contributed by atoms with Gasteiger partial charge in [0.2, 0.25) is 0 Å². The Balaban J connectivity index is 2.27. The van der Waals surface area contributed by atoms with Gasteiger partial charge in [-0.05, 0) is 12.2 Å². The molecule has 0 spiro atoms. The molecule has 2 rings (SSSR count). The van der Waals surface area contributed by atoms with Crippen molar-refractivity contribution in [2.75, 3.05) is 7.11 Å². The molecular formula is C15H14O2. The summed E-state index contributed by atoms with van der Waals surface area (Å²) in [5, 5.41) is 0. The van der Waals surface area contributed by atoms with E-state index in [0.717, 1.165) is 12.2 Å². The summed E-state index contributed by atoms with van der Waals surface area (Å²) in [6.45, 7) is 0. The van der Waals surface area contributed by atoms with Gasteiger partial charge in [0.15, 0.2) is 5.78 Å². The molecule has 1 aliphatic rings. The highest BCUT2D eigenvalue weighted by Gasteiger charge is 2.10. The Labute approximate surface area is 101 Å². The number of Topliss-reactive ketones (excluding diaryl/α,β-unsaturated/α-hetero) is 1. The van der Waals surface area contributed by atoms with Gasteiger partial charge in [-0.1, -0.05) is 42.5 Å². The van der Waals surface area contributed by atoms with Crippen LogP contribution >= 0.6 is 0 Å². The highest BCUT2D eigenvalue weighted by Crippen LogP contribution is 2.15. The minimum atomic E-state index is 0.0375. The van der Waals surface area contributed by atoms with Crippen LogP contribution in [0.3, 0.4) is 0 Å². The molecule has 0 N–H and O–H groups in total. The minimum absolute atomic E-state index is 0.0375. The lowest BCUT2D eigenvalue weighted by molar-refractivity contribution is 0.103. The van der Waals surface area contributed by atoms with Crippen LogP contribution in [0.5, 0.6) is 0 Å². The summed E-state index contributed by atoms with van der Waals surface area (Å²) in [5.41, 5.74) is 1.39. The number of methoxy groups -OCH3 is 1. The molecule has 1 aromatic carbocycles. The average Bonchev–Trinajstić information content (AvgIpc) is 2.64. The van der Waals surface area contributed by atoms with Crippen LogP contribution in [0.1, 0.15) is 16.8 Å². The van der Waals surface area contributed by atoms with Crippen molar-refractivity contribution < 1.29 is 9.53 Å². The van der Waals surface area contributed by atoms with Gasteiger partial charge < -0.3 is 4.74 Å². The minimum Gasteiger partial charge on any atom is -0.501 e. The van der Waals surface area contributed by atoms with Gasteiger partial charge in [0.25, 0.3) is 0 Å². The fourth-order valence-electron chi connectivity index (χ4n) is 1.67. The molecule has 0 aliphatic heterocycles. The zero-order valence-corrected chi connectivity index (χ0v) is 9.72. The maximum Gasteiger partial charge on any atom is 0.193 e. The van der Waals surface area contributed by atoms with Crippen molar-refractivity contribution in [1.82, 2.24) is 0 Å². The lowest BCUT2D eigenvalue weighted by Gasteiger charge is -2.00. The molecule has 2 nitrogen and oxygen atoms in total. The fraction of sp³-hybridized carbons (Fsp3) is 0.133. The fourth-order valence-corrected chi connectivity index (χ4v) is 1.67. The van der Waals surface area contributed by atoms with Gasteiger partial charge in [0.05, 0.1) is 12.9 Å². The van der Waals surface area contributed by atoms with Crippen molar-refractivity contribution in [3.8, 4) is 0 Å². The largest absolute Gasteiger partial charge is 0.501 e. The van der Waals surface area contributed by atoms with E-state index in [9.17, 15) is 4.79 Å². The monoisotopic (exact) mass is 226 g/mol. The summed E-state index contributed by atoms with van der Waals surface area (Å²) >= 11 is 0. The highest BCUT2D eigenvalue weighted by molar-refractivity contribution is 6.10. The SMILES string of the molecule is COC1=CC=C(C(=O)c2ccccc2)C=CC1. The second kappa shape index (κ2) is 5.30. The zero-order valence-electron chi connectivity index (χ0n) is 9.72. The normalized spacial score (nSPS) is 14.6. The molecule has 0 heterocycles. The number of carbonyl (C=O) groups is 1. The van der Waals surface area contributed by atoms with Gasteiger partial charge in [0.1, 0.15) is 0 Å². The Kier molecular flexibility index (Phi) is 3.55. The van der Waals surface area contributed by atoms with Gasteiger partial charge in [-0.3, -0.25) is 4.79 Å². The van der Waals surface area contributed by atoms with Gasteiger partial charge in [-0.15, -0.1) is 0 Å². The van der Waals surface area contributed by atoms with Gasteiger partial charge in [0, 0.05) is 17.6 Å². The third-order valence-electron chi connectivity index (χ3n) is 2.63. The van der Waals surface area contributed by atoms with E-state index >= 15 is 0 Å². The van der Waals surface area contributed by atoms with Gasteiger partial charge in [-0.25, -0.2) is 0 Å². The van der Waals surface area contributed by atoms with E-state index in [1.54, 1.807) is 13.2 Å². The Morgan fingerprint density at radius 3 is 2.65 bits per heavy atom. The van der Waals surface area contributed by atoms with Crippen LogP contribution in [-0.2, 0) is 4.74 Å². The second-order valence-corrected chi connectivity index (χ2v) is 3.76. The van der Waals surface area contributed by atoms with Crippen LogP contribution in [0.4, 0.5) is 0 Å². The molecule has 0 unspecified atom stereocenters.